The monoisotopic (exact) mass is 576 g/mol. The molecule has 0 amide bonds. The Morgan fingerprint density at radius 2 is 1.62 bits per heavy atom. The summed E-state index contributed by atoms with van der Waals surface area (Å²) in [5.74, 6) is -5.00. The van der Waals surface area contributed by atoms with Crippen molar-refractivity contribution >= 4 is 35.5 Å². The van der Waals surface area contributed by atoms with E-state index >= 15 is 0 Å². The first kappa shape index (κ1) is 32.8. The molecule has 0 aromatic carbocycles. The third kappa shape index (κ3) is 7.85. The molecule has 2 aliphatic rings. The highest BCUT2D eigenvalue weighted by Gasteiger charge is 2.69. The van der Waals surface area contributed by atoms with E-state index in [9.17, 15) is 29.4 Å². The molecule has 11 nitrogen and oxygen atoms in total. The number of carbonyl (C=O) groups excluding carboxylic acids is 4. The third-order valence-corrected chi connectivity index (χ3v) is 7.09. The number of halogens is 1. The number of esters is 4. The Bertz CT molecular complexity index is 946. The lowest BCUT2D eigenvalue weighted by Gasteiger charge is -2.43. The molecule has 222 valence electrons. The Kier molecular flexibility index (Phi) is 11.2. The van der Waals surface area contributed by atoms with Gasteiger partial charge in [-0.2, -0.15) is 0 Å². The minimum Gasteiger partial charge on any atom is -0.462 e. The number of hydrogen-bond donors (Lipinski definition) is 2. The molecule has 2 rings (SSSR count). The maximum atomic E-state index is 12.9. The van der Waals surface area contributed by atoms with Crippen LogP contribution in [0.1, 0.15) is 67.7 Å². The molecule has 12 heteroatoms. The van der Waals surface area contributed by atoms with Crippen LogP contribution in [0, 0.1) is 23.7 Å². The van der Waals surface area contributed by atoms with Crippen LogP contribution in [0.15, 0.2) is 11.8 Å². The molecule has 1 aliphatic carbocycles. The molecule has 0 aromatic heterocycles. The second kappa shape index (κ2) is 13.3. The molecule has 0 saturated heterocycles. The first-order valence-electron chi connectivity index (χ1n) is 13.1. The van der Waals surface area contributed by atoms with Crippen molar-refractivity contribution in [2.24, 2.45) is 23.7 Å². The first-order chi connectivity index (χ1) is 18.0. The number of carbonyl (C=O) groups is 4. The van der Waals surface area contributed by atoms with Crippen LogP contribution in [0.25, 0.3) is 0 Å². The van der Waals surface area contributed by atoms with E-state index in [1.165, 1.54) is 0 Å². The molecule has 0 spiro atoms. The van der Waals surface area contributed by atoms with E-state index in [-0.39, 0.29) is 36.7 Å². The van der Waals surface area contributed by atoms with Crippen LogP contribution in [0.5, 0.6) is 0 Å². The molecule has 6 atom stereocenters. The minimum absolute atomic E-state index is 0.0196. The molecule has 0 aromatic rings. The van der Waals surface area contributed by atoms with Gasteiger partial charge in [-0.3, -0.25) is 14.4 Å². The van der Waals surface area contributed by atoms with E-state index in [0.29, 0.717) is 0 Å². The van der Waals surface area contributed by atoms with Crippen molar-refractivity contribution in [1.82, 2.24) is 0 Å². The molecular weight excluding hydrogens is 536 g/mol. The van der Waals surface area contributed by atoms with Crippen molar-refractivity contribution < 1.29 is 53.1 Å². The highest BCUT2D eigenvalue weighted by Crippen LogP contribution is 2.53. The van der Waals surface area contributed by atoms with E-state index in [1.54, 1.807) is 13.8 Å². The molecule has 1 aliphatic heterocycles. The normalized spacial score (nSPS) is 28.8. The summed E-state index contributed by atoms with van der Waals surface area (Å²) in [5.41, 5.74) is -4.03. The van der Waals surface area contributed by atoms with Crippen LogP contribution in [0.4, 0.5) is 0 Å². The molecule has 1 saturated carbocycles. The number of alkyl halides is 1. The summed E-state index contributed by atoms with van der Waals surface area (Å²) in [5, 5.41) is 23.4. The van der Waals surface area contributed by atoms with Crippen molar-refractivity contribution in [3.8, 4) is 0 Å². The molecule has 0 bridgehead atoms. The Labute approximate surface area is 234 Å². The number of rotatable bonds is 12. The van der Waals surface area contributed by atoms with Gasteiger partial charge in [0.1, 0.15) is 23.9 Å². The topological polar surface area (TPSA) is 155 Å². The van der Waals surface area contributed by atoms with Crippen molar-refractivity contribution in [2.75, 3.05) is 12.5 Å². The van der Waals surface area contributed by atoms with E-state index < -0.39 is 77.9 Å². The maximum Gasteiger partial charge on any atom is 0.348 e. The van der Waals surface area contributed by atoms with Gasteiger partial charge in [0.05, 0.1) is 18.1 Å². The zero-order valence-electron chi connectivity index (χ0n) is 23.6. The van der Waals surface area contributed by atoms with Gasteiger partial charge in [0.2, 0.25) is 6.10 Å². The SMILES string of the molecule is CC(=O)O[C@H]1C[C@]2(O)C(COC(=O)[C@H](OC(=O)CC(C)C)C(C)C)=CO[C@@H](OC(=O)CC(C)C)[C@@H]2[C@@]1(O)CCl. The Morgan fingerprint density at radius 1 is 1.03 bits per heavy atom. The second-order valence-electron chi connectivity index (χ2n) is 11.4. The zero-order chi connectivity index (χ0) is 29.7. The number of fused-ring (bicyclic) bond motifs is 1. The van der Waals surface area contributed by atoms with Crippen LogP contribution in [-0.4, -0.2) is 76.3 Å². The quantitative estimate of drug-likeness (QED) is 0.200. The van der Waals surface area contributed by atoms with Gasteiger partial charge in [-0.15, -0.1) is 11.6 Å². The predicted octanol–water partition coefficient (Wildman–Crippen LogP) is 2.63. The predicted molar refractivity (Wildman–Crippen MR) is 138 cm³/mol. The van der Waals surface area contributed by atoms with E-state index in [4.69, 9.17) is 35.3 Å². The highest BCUT2D eigenvalue weighted by atomic mass is 35.5. The van der Waals surface area contributed by atoms with Crippen molar-refractivity contribution in [3.63, 3.8) is 0 Å². The van der Waals surface area contributed by atoms with Gasteiger partial charge in [-0.1, -0.05) is 41.5 Å². The second-order valence-corrected chi connectivity index (χ2v) is 11.7. The number of ether oxygens (including phenoxy) is 5. The van der Waals surface area contributed by atoms with Crippen molar-refractivity contribution in [2.45, 2.75) is 97.4 Å². The molecule has 1 heterocycles. The summed E-state index contributed by atoms with van der Waals surface area (Å²) in [7, 11) is 0. The Morgan fingerprint density at radius 3 is 2.13 bits per heavy atom. The lowest BCUT2D eigenvalue weighted by Crippen LogP contribution is -2.58. The van der Waals surface area contributed by atoms with Crippen LogP contribution in [0.2, 0.25) is 0 Å². The number of hydrogen-bond acceptors (Lipinski definition) is 11. The summed E-state index contributed by atoms with van der Waals surface area (Å²) in [6.07, 6.45) is -2.99. The lowest BCUT2D eigenvalue weighted by molar-refractivity contribution is -0.228. The molecule has 0 unspecified atom stereocenters. The fourth-order valence-corrected chi connectivity index (χ4v) is 5.15. The van der Waals surface area contributed by atoms with Crippen LogP contribution >= 0.6 is 11.6 Å². The van der Waals surface area contributed by atoms with Gasteiger partial charge in [0, 0.05) is 37.7 Å². The maximum absolute atomic E-state index is 12.9. The highest BCUT2D eigenvalue weighted by molar-refractivity contribution is 6.18. The van der Waals surface area contributed by atoms with Gasteiger partial charge in [-0.25, -0.2) is 4.79 Å². The molecule has 2 N–H and O–H groups in total. The van der Waals surface area contributed by atoms with Crippen molar-refractivity contribution in [1.29, 1.82) is 0 Å². The molecular formula is C27H41ClO11. The number of aliphatic hydroxyl groups is 2. The minimum atomic E-state index is -2.05. The van der Waals surface area contributed by atoms with E-state index in [0.717, 1.165) is 13.2 Å². The smallest absolute Gasteiger partial charge is 0.348 e. The fourth-order valence-electron chi connectivity index (χ4n) is 4.81. The van der Waals surface area contributed by atoms with Crippen LogP contribution in [0.3, 0.4) is 0 Å². The average molecular weight is 577 g/mol. The molecule has 0 radical (unpaired) electrons. The Balaban J connectivity index is 2.33. The van der Waals surface area contributed by atoms with Gasteiger partial charge < -0.3 is 33.9 Å². The van der Waals surface area contributed by atoms with Gasteiger partial charge in [0.15, 0.2) is 0 Å². The van der Waals surface area contributed by atoms with Gasteiger partial charge in [-0.05, 0) is 11.8 Å². The van der Waals surface area contributed by atoms with Gasteiger partial charge in [0.25, 0.3) is 6.29 Å². The summed E-state index contributed by atoms with van der Waals surface area (Å²) >= 11 is 6.13. The van der Waals surface area contributed by atoms with E-state index in [1.807, 2.05) is 27.7 Å². The standard InChI is InChI=1S/C27H41ClO11/c1-14(2)8-20(30)38-22(16(5)6)24(32)35-11-18-12-36-25(39-21(31)9-15(3)4)23-26(18,33)10-19(37-17(7)29)27(23,34)13-28/h12,14-16,19,22-23,25,33-34H,8-11,13H2,1-7H3/t19-,22+,23-,25-,26-,27+/m0/s1. The fraction of sp³-hybridized carbons (Fsp3) is 0.778. The molecule has 1 fully saturated rings. The largest absolute Gasteiger partial charge is 0.462 e. The zero-order valence-corrected chi connectivity index (χ0v) is 24.4. The molecule has 39 heavy (non-hydrogen) atoms. The Hall–Kier alpha value is -2.37. The van der Waals surface area contributed by atoms with Crippen LogP contribution in [-0.2, 0) is 42.9 Å². The third-order valence-electron chi connectivity index (χ3n) is 6.67. The van der Waals surface area contributed by atoms with Crippen LogP contribution < -0.4 is 0 Å². The average Bonchev–Trinajstić information content (AvgIpc) is 3.02. The summed E-state index contributed by atoms with van der Waals surface area (Å²) < 4.78 is 27.1. The van der Waals surface area contributed by atoms with Gasteiger partial charge >= 0.3 is 23.9 Å². The lowest BCUT2D eigenvalue weighted by atomic mass is 9.77. The summed E-state index contributed by atoms with van der Waals surface area (Å²) in [6, 6.07) is 0. The van der Waals surface area contributed by atoms with E-state index in [2.05, 4.69) is 0 Å². The summed E-state index contributed by atoms with van der Waals surface area (Å²) in [6.45, 7) is 11.3. The first-order valence-corrected chi connectivity index (χ1v) is 13.7. The van der Waals surface area contributed by atoms with Crippen molar-refractivity contribution in [3.05, 3.63) is 11.8 Å². The summed E-state index contributed by atoms with van der Waals surface area (Å²) in [4.78, 5) is 49.3.